The highest BCUT2D eigenvalue weighted by molar-refractivity contribution is 14.1. The smallest absolute Gasteiger partial charge is 0.326 e. The highest BCUT2D eigenvalue weighted by atomic mass is 127. The Bertz CT molecular complexity index is 420. The molecule has 5 nitrogen and oxygen atoms in total. The fourth-order valence-corrected chi connectivity index (χ4v) is 2.41. The van der Waals surface area contributed by atoms with Crippen molar-refractivity contribution in [2.45, 2.75) is 52.2 Å². The molecule has 0 aliphatic carbocycles. The molecule has 0 saturated carbocycles. The van der Waals surface area contributed by atoms with Crippen LogP contribution in [0.5, 0.6) is 0 Å². The highest BCUT2D eigenvalue weighted by Crippen LogP contribution is 2.15. The number of halogens is 1. The van der Waals surface area contributed by atoms with Crippen LogP contribution in [0.15, 0.2) is 12.4 Å². The Labute approximate surface area is 128 Å². The molecule has 1 unspecified atom stereocenters. The summed E-state index contributed by atoms with van der Waals surface area (Å²) >= 11 is 2.22. The molecule has 1 rings (SSSR count). The second-order valence-electron chi connectivity index (χ2n) is 5.02. The van der Waals surface area contributed by atoms with Gasteiger partial charge in [0, 0.05) is 18.8 Å². The van der Waals surface area contributed by atoms with Crippen LogP contribution in [0.1, 0.15) is 34.1 Å². The van der Waals surface area contributed by atoms with Crippen molar-refractivity contribution < 1.29 is 9.53 Å². The fraction of sp³-hybridized carbons (Fsp3) is 0.692. The van der Waals surface area contributed by atoms with E-state index in [9.17, 15) is 4.79 Å². The van der Waals surface area contributed by atoms with Crippen molar-refractivity contribution in [2.75, 3.05) is 6.61 Å². The van der Waals surface area contributed by atoms with Crippen LogP contribution in [-0.4, -0.2) is 33.9 Å². The summed E-state index contributed by atoms with van der Waals surface area (Å²) in [5, 5.41) is 7.53. The molecule has 0 amide bonds. The highest BCUT2D eigenvalue weighted by Gasteiger charge is 2.34. The first-order valence-electron chi connectivity index (χ1n) is 6.50. The average molecular weight is 379 g/mol. The molecule has 0 aromatic carbocycles. The fourth-order valence-electron chi connectivity index (χ4n) is 1.96. The van der Waals surface area contributed by atoms with Gasteiger partial charge in [0.2, 0.25) is 0 Å². The molecule has 19 heavy (non-hydrogen) atoms. The summed E-state index contributed by atoms with van der Waals surface area (Å²) in [5.41, 5.74) is -0.679. The summed E-state index contributed by atoms with van der Waals surface area (Å²) in [7, 11) is 0. The van der Waals surface area contributed by atoms with E-state index in [2.05, 4.69) is 33.0 Å². The number of ether oxygens (including phenoxy) is 1. The summed E-state index contributed by atoms with van der Waals surface area (Å²) < 4.78 is 8.11. The van der Waals surface area contributed by atoms with Crippen molar-refractivity contribution in [3.05, 3.63) is 16.0 Å². The lowest BCUT2D eigenvalue weighted by atomic mass is 9.96. The molecule has 1 atom stereocenters. The first kappa shape index (κ1) is 16.4. The molecule has 0 saturated heterocycles. The van der Waals surface area contributed by atoms with Crippen LogP contribution in [-0.2, 0) is 16.1 Å². The maximum absolute atomic E-state index is 12.1. The monoisotopic (exact) mass is 379 g/mol. The lowest BCUT2D eigenvalue weighted by Gasteiger charge is -2.30. The molecule has 1 aromatic rings. The average Bonchev–Trinajstić information content (AvgIpc) is 2.72. The zero-order valence-corrected chi connectivity index (χ0v) is 14.1. The largest absolute Gasteiger partial charge is 0.465 e. The van der Waals surface area contributed by atoms with Gasteiger partial charge in [0.15, 0.2) is 0 Å². The van der Waals surface area contributed by atoms with Gasteiger partial charge in [0.1, 0.15) is 5.54 Å². The van der Waals surface area contributed by atoms with Gasteiger partial charge in [0.05, 0.1) is 16.4 Å². The topological polar surface area (TPSA) is 56.2 Å². The second-order valence-corrected chi connectivity index (χ2v) is 6.27. The van der Waals surface area contributed by atoms with Crippen LogP contribution < -0.4 is 5.32 Å². The lowest BCUT2D eigenvalue weighted by Crippen LogP contribution is -2.53. The SMILES string of the molecule is CCOC(=O)C(C)(CCn1cc(I)cn1)NC(C)C. The number of carbonyl (C=O) groups excluding carboxylic acids is 1. The van der Waals surface area contributed by atoms with Gasteiger partial charge in [0.25, 0.3) is 0 Å². The first-order valence-corrected chi connectivity index (χ1v) is 7.58. The van der Waals surface area contributed by atoms with E-state index in [1.807, 2.05) is 38.6 Å². The van der Waals surface area contributed by atoms with Crippen molar-refractivity contribution in [1.82, 2.24) is 15.1 Å². The van der Waals surface area contributed by atoms with E-state index in [0.717, 1.165) is 3.57 Å². The van der Waals surface area contributed by atoms with Gasteiger partial charge in [-0.25, -0.2) is 0 Å². The molecule has 0 aliphatic heterocycles. The van der Waals surface area contributed by atoms with Gasteiger partial charge in [-0.3, -0.25) is 14.8 Å². The maximum Gasteiger partial charge on any atom is 0.326 e. The third kappa shape index (κ3) is 5.10. The van der Waals surface area contributed by atoms with Crippen molar-refractivity contribution in [1.29, 1.82) is 0 Å². The molecule has 108 valence electrons. The minimum absolute atomic E-state index is 0.203. The molecule has 0 bridgehead atoms. The van der Waals surface area contributed by atoms with Gasteiger partial charge >= 0.3 is 5.97 Å². The van der Waals surface area contributed by atoms with Gasteiger partial charge < -0.3 is 4.74 Å². The van der Waals surface area contributed by atoms with Crippen molar-refractivity contribution >= 4 is 28.6 Å². The first-order chi connectivity index (χ1) is 8.87. The zero-order valence-electron chi connectivity index (χ0n) is 11.9. The predicted octanol–water partition coefficient (Wildman–Crippen LogP) is 2.20. The van der Waals surface area contributed by atoms with Gasteiger partial charge in [-0.1, -0.05) is 0 Å². The summed E-state index contributed by atoms with van der Waals surface area (Å²) in [6, 6.07) is 0.215. The molecular formula is C13H22IN3O2. The van der Waals surface area contributed by atoms with Crippen LogP contribution in [0.2, 0.25) is 0 Å². The molecule has 0 radical (unpaired) electrons. The number of nitrogens with one attached hydrogen (secondary N) is 1. The molecule has 0 spiro atoms. The molecule has 1 heterocycles. The summed E-state index contributed by atoms with van der Waals surface area (Å²) in [6.07, 6.45) is 4.40. The Hall–Kier alpha value is -0.630. The Morgan fingerprint density at radius 3 is 2.79 bits per heavy atom. The standard InChI is InChI=1S/C13H22IN3O2/c1-5-19-12(18)13(4,16-10(2)3)6-7-17-9-11(14)8-15-17/h8-10,16H,5-7H2,1-4H3. The van der Waals surface area contributed by atoms with Gasteiger partial charge in [-0.2, -0.15) is 5.10 Å². The normalized spacial score (nSPS) is 14.4. The van der Waals surface area contributed by atoms with Crippen molar-refractivity contribution in [3.8, 4) is 0 Å². The van der Waals surface area contributed by atoms with Crippen LogP contribution in [0, 0.1) is 3.57 Å². The van der Waals surface area contributed by atoms with E-state index in [1.54, 1.807) is 6.20 Å². The lowest BCUT2D eigenvalue weighted by molar-refractivity contribution is -0.151. The number of nitrogens with zero attached hydrogens (tertiary/aromatic N) is 2. The van der Waals surface area contributed by atoms with Crippen LogP contribution >= 0.6 is 22.6 Å². The Morgan fingerprint density at radius 1 is 1.63 bits per heavy atom. The van der Waals surface area contributed by atoms with E-state index in [0.29, 0.717) is 19.6 Å². The number of aromatic nitrogens is 2. The van der Waals surface area contributed by atoms with E-state index in [4.69, 9.17) is 4.74 Å². The quantitative estimate of drug-likeness (QED) is 0.583. The molecule has 1 N–H and O–H groups in total. The number of hydrogen-bond acceptors (Lipinski definition) is 4. The second kappa shape index (κ2) is 7.23. The summed E-state index contributed by atoms with van der Waals surface area (Å²) in [6.45, 7) is 8.83. The van der Waals surface area contributed by atoms with Gasteiger partial charge in [-0.05, 0) is 56.7 Å². The Morgan fingerprint density at radius 2 is 2.32 bits per heavy atom. The van der Waals surface area contributed by atoms with Crippen LogP contribution in [0.4, 0.5) is 0 Å². The third-order valence-corrected chi connectivity index (χ3v) is 3.33. The van der Waals surface area contributed by atoms with E-state index < -0.39 is 5.54 Å². The minimum atomic E-state index is -0.679. The predicted molar refractivity (Wildman–Crippen MR) is 82.9 cm³/mol. The number of esters is 1. The maximum atomic E-state index is 12.1. The number of rotatable bonds is 7. The van der Waals surface area contributed by atoms with Crippen LogP contribution in [0.3, 0.4) is 0 Å². The van der Waals surface area contributed by atoms with Crippen molar-refractivity contribution in [2.24, 2.45) is 0 Å². The van der Waals surface area contributed by atoms with Gasteiger partial charge in [-0.15, -0.1) is 0 Å². The number of hydrogen-bond donors (Lipinski definition) is 1. The van der Waals surface area contributed by atoms with E-state index >= 15 is 0 Å². The zero-order chi connectivity index (χ0) is 14.5. The van der Waals surface area contributed by atoms with Crippen molar-refractivity contribution in [3.63, 3.8) is 0 Å². The molecular weight excluding hydrogens is 357 g/mol. The Balaban J connectivity index is 2.70. The molecule has 6 heteroatoms. The number of aryl methyl sites for hydroxylation is 1. The summed E-state index contributed by atoms with van der Waals surface area (Å²) in [4.78, 5) is 12.1. The molecule has 1 aromatic heterocycles. The number of carbonyl (C=O) groups is 1. The van der Waals surface area contributed by atoms with E-state index in [1.165, 1.54) is 0 Å². The molecule has 0 aliphatic rings. The molecule has 0 fully saturated rings. The van der Waals surface area contributed by atoms with Crippen LogP contribution in [0.25, 0.3) is 0 Å². The van der Waals surface area contributed by atoms with E-state index in [-0.39, 0.29) is 12.0 Å². The Kier molecular flexibility index (Phi) is 6.25. The minimum Gasteiger partial charge on any atom is -0.465 e. The third-order valence-electron chi connectivity index (χ3n) is 2.78. The summed E-state index contributed by atoms with van der Waals surface area (Å²) in [5.74, 6) is -0.203.